The smallest absolute Gasteiger partial charge is 0.195 e. The zero-order valence-electron chi connectivity index (χ0n) is 9.97. The van der Waals surface area contributed by atoms with Crippen molar-refractivity contribution in [3.63, 3.8) is 0 Å². The van der Waals surface area contributed by atoms with E-state index in [0.29, 0.717) is 6.61 Å². The summed E-state index contributed by atoms with van der Waals surface area (Å²) in [6.45, 7) is 5.07. The number of aliphatic hydroxyl groups excluding tert-OH is 1. The zero-order valence-corrected chi connectivity index (χ0v) is 10.8. The fourth-order valence-corrected chi connectivity index (χ4v) is 0.569. The molecular weight excluding hydrogens is 230 g/mol. The number of nitrogens with one attached hydrogen (secondary N) is 4. The third-order valence-electron chi connectivity index (χ3n) is 1.32. The van der Waals surface area contributed by atoms with Crippen LogP contribution >= 0.6 is 12.4 Å². The SMILES string of the molecule is CCCCNC(=N)NC(=N)N.CCCO.Cl. The molecule has 7 N–H and O–H groups in total. The highest BCUT2D eigenvalue weighted by Crippen LogP contribution is 1.80. The first-order valence-corrected chi connectivity index (χ1v) is 5.12. The Morgan fingerprint density at radius 3 is 2.06 bits per heavy atom. The summed E-state index contributed by atoms with van der Waals surface area (Å²) in [5.41, 5.74) is 4.99. The van der Waals surface area contributed by atoms with Gasteiger partial charge in [0.1, 0.15) is 0 Å². The Kier molecular flexibility index (Phi) is 20.9. The van der Waals surface area contributed by atoms with Crippen LogP contribution in [-0.4, -0.2) is 30.2 Å². The van der Waals surface area contributed by atoms with Crippen LogP contribution in [0.5, 0.6) is 0 Å². The number of nitrogens with two attached hydrogens (primary N) is 1. The van der Waals surface area contributed by atoms with Gasteiger partial charge in [0.05, 0.1) is 0 Å². The Bertz CT molecular complexity index is 175. The van der Waals surface area contributed by atoms with Crippen molar-refractivity contribution in [3.05, 3.63) is 0 Å². The van der Waals surface area contributed by atoms with E-state index >= 15 is 0 Å². The van der Waals surface area contributed by atoms with E-state index in [2.05, 4.69) is 17.6 Å². The van der Waals surface area contributed by atoms with Crippen molar-refractivity contribution in [2.24, 2.45) is 5.73 Å². The van der Waals surface area contributed by atoms with Gasteiger partial charge >= 0.3 is 0 Å². The highest BCUT2D eigenvalue weighted by molar-refractivity contribution is 5.94. The van der Waals surface area contributed by atoms with Crippen LogP contribution in [-0.2, 0) is 0 Å². The Morgan fingerprint density at radius 2 is 1.75 bits per heavy atom. The molecule has 7 heteroatoms. The number of hydrogen-bond donors (Lipinski definition) is 6. The first-order chi connectivity index (χ1) is 7.08. The number of halogens is 1. The minimum atomic E-state index is -0.209. The number of unbranched alkanes of at least 4 members (excludes halogenated alkanes) is 1. The molecule has 16 heavy (non-hydrogen) atoms. The second kappa shape index (κ2) is 16.4. The molecule has 0 rings (SSSR count). The topological polar surface area (TPSA) is 118 Å². The molecule has 0 saturated heterocycles. The molecule has 0 amide bonds. The predicted octanol–water partition coefficient (Wildman–Crippen LogP) is 0.604. The second-order valence-corrected chi connectivity index (χ2v) is 2.92. The van der Waals surface area contributed by atoms with Gasteiger partial charge in [-0.25, -0.2) is 0 Å². The van der Waals surface area contributed by atoms with Crippen molar-refractivity contribution in [1.29, 1.82) is 10.8 Å². The van der Waals surface area contributed by atoms with Gasteiger partial charge < -0.3 is 16.2 Å². The molecule has 0 bridgehead atoms. The molecular formula is C9H24ClN5O. The standard InChI is InChI=1S/C6H15N5.C3H8O.ClH/c1-2-3-4-10-6(9)11-5(7)8;1-2-3-4;/h2-4H2,1H3,(H6,7,8,9,10,11);4H,2-3H2,1H3;1H. The molecule has 0 aromatic rings. The fourth-order valence-electron chi connectivity index (χ4n) is 0.569. The molecule has 0 saturated carbocycles. The van der Waals surface area contributed by atoms with E-state index in [4.69, 9.17) is 21.7 Å². The third-order valence-corrected chi connectivity index (χ3v) is 1.32. The van der Waals surface area contributed by atoms with Gasteiger partial charge in [0, 0.05) is 13.2 Å². The largest absolute Gasteiger partial charge is 0.396 e. The van der Waals surface area contributed by atoms with Gasteiger partial charge in [-0.1, -0.05) is 20.3 Å². The molecule has 0 fully saturated rings. The molecule has 0 aromatic carbocycles. The van der Waals surface area contributed by atoms with Crippen LogP contribution in [0.1, 0.15) is 33.1 Å². The molecule has 0 heterocycles. The van der Waals surface area contributed by atoms with Crippen LogP contribution in [0.3, 0.4) is 0 Å². The predicted molar refractivity (Wildman–Crippen MR) is 70.3 cm³/mol. The Balaban J connectivity index is -0.000000292. The summed E-state index contributed by atoms with van der Waals surface area (Å²) in [5.74, 6) is -0.120. The van der Waals surface area contributed by atoms with Crippen molar-refractivity contribution >= 4 is 24.3 Å². The van der Waals surface area contributed by atoms with Gasteiger partial charge in [-0.2, -0.15) is 0 Å². The maximum absolute atomic E-state index is 7.88. The summed E-state index contributed by atoms with van der Waals surface area (Å²) in [7, 11) is 0. The number of rotatable bonds is 4. The summed E-state index contributed by atoms with van der Waals surface area (Å²) < 4.78 is 0. The molecule has 0 aromatic heterocycles. The Hall–Kier alpha value is -1.01. The summed E-state index contributed by atoms with van der Waals surface area (Å²) in [6, 6.07) is 0. The summed E-state index contributed by atoms with van der Waals surface area (Å²) in [4.78, 5) is 0. The zero-order chi connectivity index (χ0) is 12.1. The Morgan fingerprint density at radius 1 is 1.25 bits per heavy atom. The van der Waals surface area contributed by atoms with Crippen LogP contribution in [0.15, 0.2) is 0 Å². The molecule has 0 aliphatic rings. The van der Waals surface area contributed by atoms with Crippen LogP contribution in [0.2, 0.25) is 0 Å². The van der Waals surface area contributed by atoms with E-state index in [1.807, 2.05) is 6.92 Å². The first-order valence-electron chi connectivity index (χ1n) is 5.12. The van der Waals surface area contributed by atoms with Gasteiger partial charge in [-0.3, -0.25) is 16.1 Å². The fraction of sp³-hybridized carbons (Fsp3) is 0.778. The first kappa shape index (κ1) is 20.4. The maximum atomic E-state index is 7.88. The van der Waals surface area contributed by atoms with Crippen LogP contribution in [0.4, 0.5) is 0 Å². The lowest BCUT2D eigenvalue weighted by Crippen LogP contribution is -2.43. The monoisotopic (exact) mass is 253 g/mol. The Labute approximate surface area is 103 Å². The highest BCUT2D eigenvalue weighted by Gasteiger charge is 1.93. The minimum absolute atomic E-state index is 0. The molecule has 0 aliphatic carbocycles. The molecule has 0 atom stereocenters. The molecule has 0 radical (unpaired) electrons. The summed E-state index contributed by atoms with van der Waals surface area (Å²) in [5, 5.41) is 26.9. The highest BCUT2D eigenvalue weighted by atomic mass is 35.5. The van der Waals surface area contributed by atoms with Gasteiger partial charge in [0.25, 0.3) is 0 Å². The number of aliphatic hydroxyl groups is 1. The number of hydrogen-bond acceptors (Lipinski definition) is 3. The van der Waals surface area contributed by atoms with E-state index in [1.165, 1.54) is 0 Å². The van der Waals surface area contributed by atoms with E-state index in [-0.39, 0.29) is 24.3 Å². The van der Waals surface area contributed by atoms with Gasteiger partial charge in [-0.15, -0.1) is 12.4 Å². The van der Waals surface area contributed by atoms with Crippen LogP contribution in [0.25, 0.3) is 0 Å². The van der Waals surface area contributed by atoms with Crippen LogP contribution < -0.4 is 16.4 Å². The number of guanidine groups is 2. The minimum Gasteiger partial charge on any atom is -0.396 e. The second-order valence-electron chi connectivity index (χ2n) is 2.92. The van der Waals surface area contributed by atoms with Gasteiger partial charge in [-0.05, 0) is 12.8 Å². The van der Waals surface area contributed by atoms with Crippen molar-refractivity contribution < 1.29 is 5.11 Å². The average Bonchev–Trinajstić information content (AvgIpc) is 2.17. The lowest BCUT2D eigenvalue weighted by Gasteiger charge is -2.06. The lowest BCUT2D eigenvalue weighted by atomic mass is 10.3. The van der Waals surface area contributed by atoms with Crippen molar-refractivity contribution in [2.75, 3.05) is 13.2 Å². The quantitative estimate of drug-likeness (QED) is 0.250. The lowest BCUT2D eigenvalue weighted by molar-refractivity contribution is 0.295. The molecule has 6 nitrogen and oxygen atoms in total. The molecule has 98 valence electrons. The van der Waals surface area contributed by atoms with Crippen LogP contribution in [0, 0.1) is 10.8 Å². The normalized spacial score (nSPS) is 7.94. The summed E-state index contributed by atoms with van der Waals surface area (Å²) >= 11 is 0. The van der Waals surface area contributed by atoms with E-state index < -0.39 is 0 Å². The van der Waals surface area contributed by atoms with Crippen molar-refractivity contribution in [2.45, 2.75) is 33.1 Å². The van der Waals surface area contributed by atoms with Gasteiger partial charge in [0.15, 0.2) is 11.9 Å². The van der Waals surface area contributed by atoms with Crippen molar-refractivity contribution in [1.82, 2.24) is 10.6 Å². The summed E-state index contributed by atoms with van der Waals surface area (Å²) in [6.07, 6.45) is 2.97. The molecule has 0 spiro atoms. The molecule has 0 aliphatic heterocycles. The third kappa shape index (κ3) is 23.1. The maximum Gasteiger partial charge on any atom is 0.195 e. The van der Waals surface area contributed by atoms with E-state index in [9.17, 15) is 0 Å². The van der Waals surface area contributed by atoms with Crippen molar-refractivity contribution in [3.8, 4) is 0 Å². The van der Waals surface area contributed by atoms with Gasteiger partial charge in [0.2, 0.25) is 0 Å². The van der Waals surface area contributed by atoms with E-state index in [0.717, 1.165) is 25.8 Å². The van der Waals surface area contributed by atoms with E-state index in [1.54, 1.807) is 0 Å². The average molecular weight is 254 g/mol. The molecule has 0 unspecified atom stereocenters.